The number of carbonyl (C=O) groups is 1. The lowest BCUT2D eigenvalue weighted by molar-refractivity contribution is -0.124. The minimum atomic E-state index is -0.900. The summed E-state index contributed by atoms with van der Waals surface area (Å²) in [5, 5.41) is 12.4. The summed E-state index contributed by atoms with van der Waals surface area (Å²) < 4.78 is 26.9. The van der Waals surface area contributed by atoms with E-state index in [2.05, 4.69) is 21.2 Å². The number of nitriles is 1. The number of rotatable bonds is 6. The second-order valence-corrected chi connectivity index (χ2v) is 9.59. The maximum Gasteiger partial charge on any atom is 0.230 e. The molecule has 5 nitrogen and oxygen atoms in total. The highest BCUT2D eigenvalue weighted by Crippen LogP contribution is 2.48. The Morgan fingerprint density at radius 2 is 1.82 bits per heavy atom. The zero-order valence-corrected chi connectivity index (χ0v) is 18.6. The minimum absolute atomic E-state index is 0.0728. The van der Waals surface area contributed by atoms with Crippen LogP contribution in [-0.4, -0.2) is 49.6 Å². The number of likely N-dealkylation sites (tertiary alicyclic amines) is 1. The molecule has 7 heteroatoms. The molecule has 2 aliphatic heterocycles. The average Bonchev–Trinajstić information content (AvgIpc) is 3.62. The molecule has 33 heavy (non-hydrogen) atoms. The van der Waals surface area contributed by atoms with E-state index in [1.54, 1.807) is 0 Å². The Labute approximate surface area is 193 Å². The number of benzene rings is 2. The molecule has 3 fully saturated rings. The first-order valence-corrected chi connectivity index (χ1v) is 11.7. The number of carbonyl (C=O) groups excluding carboxylic acids is 1. The molecule has 0 aromatic heterocycles. The summed E-state index contributed by atoms with van der Waals surface area (Å²) >= 11 is 0. The molecule has 1 aliphatic carbocycles. The lowest BCUT2D eigenvalue weighted by atomic mass is 9.91. The fourth-order valence-corrected chi connectivity index (χ4v) is 5.32. The first kappa shape index (κ1) is 21.8. The van der Waals surface area contributed by atoms with Crippen molar-refractivity contribution < 1.29 is 13.6 Å². The van der Waals surface area contributed by atoms with Crippen LogP contribution in [0.3, 0.4) is 0 Å². The van der Waals surface area contributed by atoms with Gasteiger partial charge in [0.2, 0.25) is 5.91 Å². The number of nitrogens with zero attached hydrogens (tertiary/aromatic N) is 3. The first-order valence-electron chi connectivity index (χ1n) is 11.7. The molecule has 0 radical (unpaired) electrons. The zero-order valence-electron chi connectivity index (χ0n) is 18.6. The van der Waals surface area contributed by atoms with Crippen molar-refractivity contribution >= 4 is 11.6 Å². The van der Waals surface area contributed by atoms with Gasteiger partial charge in [-0.1, -0.05) is 18.2 Å². The Kier molecular flexibility index (Phi) is 5.79. The van der Waals surface area contributed by atoms with Gasteiger partial charge in [0, 0.05) is 44.7 Å². The van der Waals surface area contributed by atoms with E-state index in [-0.39, 0.29) is 5.91 Å². The van der Waals surface area contributed by atoms with Crippen LogP contribution >= 0.6 is 0 Å². The molecule has 2 aromatic rings. The number of amides is 1. The van der Waals surface area contributed by atoms with E-state index in [9.17, 15) is 18.8 Å². The molecule has 0 spiro atoms. The average molecular weight is 451 g/mol. The van der Waals surface area contributed by atoms with E-state index in [0.717, 1.165) is 62.4 Å². The third-order valence-corrected chi connectivity index (χ3v) is 7.54. The summed E-state index contributed by atoms with van der Waals surface area (Å²) in [5.74, 6) is -1.43. The van der Waals surface area contributed by atoms with Crippen LogP contribution in [0.5, 0.6) is 0 Å². The predicted molar refractivity (Wildman–Crippen MR) is 122 cm³/mol. The Morgan fingerprint density at radius 3 is 2.48 bits per heavy atom. The molecule has 0 atom stereocenters. The summed E-state index contributed by atoms with van der Waals surface area (Å²) in [6, 6.07) is 14.4. The lowest BCUT2D eigenvalue weighted by Gasteiger charge is -2.47. The molecule has 1 amide bonds. The second kappa shape index (κ2) is 8.75. The number of para-hydroxylation sites is 1. The highest BCUT2D eigenvalue weighted by Gasteiger charge is 2.51. The summed E-state index contributed by atoms with van der Waals surface area (Å²) in [5.41, 5.74) is 1.63. The van der Waals surface area contributed by atoms with Crippen LogP contribution in [0.15, 0.2) is 42.5 Å². The summed E-state index contributed by atoms with van der Waals surface area (Å²) in [6.07, 6.45) is 3.48. The maximum absolute atomic E-state index is 13.6. The third kappa shape index (κ3) is 4.20. The van der Waals surface area contributed by atoms with E-state index in [4.69, 9.17) is 0 Å². The van der Waals surface area contributed by atoms with Gasteiger partial charge in [-0.3, -0.25) is 9.69 Å². The number of halogens is 2. The summed E-state index contributed by atoms with van der Waals surface area (Å²) in [6.45, 7) is 4.45. The van der Waals surface area contributed by atoms with E-state index in [1.807, 2.05) is 24.3 Å². The van der Waals surface area contributed by atoms with Gasteiger partial charge in [0.05, 0.1) is 16.7 Å². The van der Waals surface area contributed by atoms with Crippen LogP contribution in [0, 0.1) is 28.9 Å². The van der Waals surface area contributed by atoms with Gasteiger partial charge in [0.15, 0.2) is 11.6 Å². The van der Waals surface area contributed by atoms with E-state index >= 15 is 0 Å². The van der Waals surface area contributed by atoms with Gasteiger partial charge in [-0.15, -0.1) is 0 Å². The van der Waals surface area contributed by atoms with Crippen molar-refractivity contribution in [3.8, 4) is 6.07 Å². The summed E-state index contributed by atoms with van der Waals surface area (Å²) in [4.78, 5) is 17.6. The van der Waals surface area contributed by atoms with Crippen LogP contribution < -0.4 is 10.2 Å². The van der Waals surface area contributed by atoms with Gasteiger partial charge in [-0.25, -0.2) is 8.78 Å². The van der Waals surface area contributed by atoms with Crippen molar-refractivity contribution in [2.75, 3.05) is 37.6 Å². The van der Waals surface area contributed by atoms with E-state index in [1.165, 1.54) is 6.07 Å². The van der Waals surface area contributed by atoms with Crippen molar-refractivity contribution in [3.05, 3.63) is 65.2 Å². The molecule has 1 saturated carbocycles. The van der Waals surface area contributed by atoms with Crippen molar-refractivity contribution in [1.29, 1.82) is 5.26 Å². The lowest BCUT2D eigenvalue weighted by Crippen LogP contribution is -2.58. The van der Waals surface area contributed by atoms with Crippen molar-refractivity contribution in [2.24, 2.45) is 5.92 Å². The largest absolute Gasteiger partial charge is 0.370 e. The molecular formula is C26H28F2N4O. The topological polar surface area (TPSA) is 59.4 Å². The number of nitrogens with one attached hydrogen (secondary N) is 1. The van der Waals surface area contributed by atoms with Gasteiger partial charge in [0.25, 0.3) is 0 Å². The smallest absolute Gasteiger partial charge is 0.230 e. The Balaban J connectivity index is 1.07. The molecular weight excluding hydrogens is 422 g/mol. The van der Waals surface area contributed by atoms with Crippen LogP contribution in [0.2, 0.25) is 0 Å². The summed E-state index contributed by atoms with van der Waals surface area (Å²) in [7, 11) is 0. The Hall–Kier alpha value is -2.98. The molecule has 2 heterocycles. The number of hydrogen-bond donors (Lipinski definition) is 1. The highest BCUT2D eigenvalue weighted by atomic mass is 19.2. The maximum atomic E-state index is 13.6. The van der Waals surface area contributed by atoms with Gasteiger partial charge in [0.1, 0.15) is 6.07 Å². The van der Waals surface area contributed by atoms with Crippen LogP contribution in [0.25, 0.3) is 0 Å². The number of hydrogen-bond acceptors (Lipinski definition) is 4. The molecule has 5 rings (SSSR count). The normalized spacial score (nSPS) is 20.7. The highest BCUT2D eigenvalue weighted by molar-refractivity contribution is 5.91. The standard InChI is InChI=1S/C26H28F2N4O/c27-22-6-5-20(13-23(22)28)26(9-10-26)25(33)30-15-18-16-32(17-18)21-7-11-31(12-8-21)24-4-2-1-3-19(24)14-29/h1-6,13,18,21H,7-12,15-17H2,(H,30,33). The second-order valence-electron chi connectivity index (χ2n) is 9.59. The van der Waals surface area contributed by atoms with Gasteiger partial charge >= 0.3 is 0 Å². The number of piperidine rings is 1. The van der Waals surface area contributed by atoms with Crippen molar-refractivity contribution in [2.45, 2.75) is 37.1 Å². The zero-order chi connectivity index (χ0) is 23.0. The van der Waals surface area contributed by atoms with Crippen molar-refractivity contribution in [3.63, 3.8) is 0 Å². The van der Waals surface area contributed by atoms with Crippen LogP contribution in [-0.2, 0) is 10.2 Å². The first-order chi connectivity index (χ1) is 16.0. The molecule has 1 N–H and O–H groups in total. The van der Waals surface area contributed by atoms with Gasteiger partial charge in [-0.05, 0) is 55.5 Å². The molecule has 3 aliphatic rings. The fourth-order valence-electron chi connectivity index (χ4n) is 5.32. The Morgan fingerprint density at radius 1 is 1.09 bits per heavy atom. The SMILES string of the molecule is N#Cc1ccccc1N1CCC(N2CC(CNC(=O)C3(c4ccc(F)c(F)c4)CC3)C2)CC1. The number of anilines is 1. The third-order valence-electron chi connectivity index (χ3n) is 7.54. The Bertz CT molecular complexity index is 1080. The van der Waals surface area contributed by atoms with Crippen LogP contribution in [0.1, 0.15) is 36.8 Å². The van der Waals surface area contributed by atoms with E-state index < -0.39 is 17.0 Å². The fraction of sp³-hybridized carbons (Fsp3) is 0.462. The quantitative estimate of drug-likeness (QED) is 0.731. The van der Waals surface area contributed by atoms with Crippen LogP contribution in [0.4, 0.5) is 14.5 Å². The van der Waals surface area contributed by atoms with E-state index in [0.29, 0.717) is 36.9 Å². The van der Waals surface area contributed by atoms with Gasteiger partial charge < -0.3 is 10.2 Å². The molecule has 0 unspecified atom stereocenters. The van der Waals surface area contributed by atoms with Gasteiger partial charge in [-0.2, -0.15) is 5.26 Å². The minimum Gasteiger partial charge on any atom is -0.370 e. The predicted octanol–water partition coefficient (Wildman–Crippen LogP) is 3.59. The molecule has 0 bridgehead atoms. The van der Waals surface area contributed by atoms with Crippen molar-refractivity contribution in [1.82, 2.24) is 10.2 Å². The molecule has 172 valence electrons. The monoisotopic (exact) mass is 450 g/mol. The molecule has 2 aromatic carbocycles. The molecule has 2 saturated heterocycles.